The Hall–Kier alpha value is -0.610. The second kappa shape index (κ2) is 4.94. The fraction of sp³-hybridized carbons (Fsp3) is 0.909. The number of likely N-dealkylation sites (tertiary alicyclic amines) is 1. The quantitative estimate of drug-likeness (QED) is 0.667. The lowest BCUT2D eigenvalue weighted by atomic mass is 10.1. The molecule has 4 nitrogen and oxygen atoms in total. The van der Waals surface area contributed by atoms with Gasteiger partial charge in [0.05, 0.1) is 6.73 Å². The van der Waals surface area contributed by atoms with E-state index in [1.54, 1.807) is 7.11 Å². The lowest BCUT2D eigenvalue weighted by Crippen LogP contribution is -2.41. The lowest BCUT2D eigenvalue weighted by molar-refractivity contribution is -0.161. The lowest BCUT2D eigenvalue weighted by Gasteiger charge is -2.26. The van der Waals surface area contributed by atoms with Crippen LogP contribution < -0.4 is 0 Å². The molecule has 1 rings (SSSR count). The Labute approximate surface area is 91.5 Å². The highest BCUT2D eigenvalue weighted by molar-refractivity contribution is 5.76. The Morgan fingerprint density at radius 2 is 2.13 bits per heavy atom. The third kappa shape index (κ3) is 3.80. The Kier molecular flexibility index (Phi) is 4.11. The molecule has 88 valence electrons. The fourth-order valence-electron chi connectivity index (χ4n) is 1.78. The van der Waals surface area contributed by atoms with Crippen molar-refractivity contribution in [3.8, 4) is 0 Å². The first-order chi connectivity index (χ1) is 6.94. The second-order valence-electron chi connectivity index (χ2n) is 4.92. The number of nitrogens with zero attached hydrogens (tertiary/aromatic N) is 1. The van der Waals surface area contributed by atoms with Gasteiger partial charge in [0, 0.05) is 13.7 Å². The van der Waals surface area contributed by atoms with Crippen LogP contribution in [-0.4, -0.2) is 42.9 Å². The molecule has 0 N–H and O–H groups in total. The highest BCUT2D eigenvalue weighted by Gasteiger charge is 2.33. The highest BCUT2D eigenvalue weighted by Crippen LogP contribution is 2.20. The van der Waals surface area contributed by atoms with E-state index in [2.05, 4.69) is 0 Å². The van der Waals surface area contributed by atoms with Crippen LogP contribution in [0.2, 0.25) is 0 Å². The Morgan fingerprint density at radius 3 is 2.67 bits per heavy atom. The van der Waals surface area contributed by atoms with Gasteiger partial charge in [0.2, 0.25) is 0 Å². The van der Waals surface area contributed by atoms with Gasteiger partial charge in [-0.05, 0) is 33.6 Å². The van der Waals surface area contributed by atoms with Crippen LogP contribution in [0.4, 0.5) is 0 Å². The van der Waals surface area contributed by atoms with E-state index in [1.807, 2.05) is 25.7 Å². The van der Waals surface area contributed by atoms with Crippen LogP contribution in [0.3, 0.4) is 0 Å². The van der Waals surface area contributed by atoms with Crippen molar-refractivity contribution in [1.82, 2.24) is 4.90 Å². The van der Waals surface area contributed by atoms with Crippen molar-refractivity contribution < 1.29 is 14.3 Å². The molecule has 1 fully saturated rings. The second-order valence-corrected chi connectivity index (χ2v) is 4.92. The third-order valence-electron chi connectivity index (χ3n) is 2.34. The number of methoxy groups -OCH3 is 1. The maximum absolute atomic E-state index is 11.8. The third-order valence-corrected chi connectivity index (χ3v) is 2.34. The Balaban J connectivity index is 2.51. The summed E-state index contributed by atoms with van der Waals surface area (Å²) in [7, 11) is 1.64. The van der Waals surface area contributed by atoms with Crippen molar-refractivity contribution >= 4 is 5.97 Å². The first-order valence-corrected chi connectivity index (χ1v) is 5.40. The van der Waals surface area contributed by atoms with Gasteiger partial charge in [-0.15, -0.1) is 0 Å². The van der Waals surface area contributed by atoms with Gasteiger partial charge >= 0.3 is 5.97 Å². The van der Waals surface area contributed by atoms with E-state index >= 15 is 0 Å². The SMILES string of the molecule is COCN1CCCC1C(=O)OC(C)(C)C. The smallest absolute Gasteiger partial charge is 0.323 e. The number of hydrogen-bond acceptors (Lipinski definition) is 4. The van der Waals surface area contributed by atoms with Crippen molar-refractivity contribution in [2.24, 2.45) is 0 Å². The van der Waals surface area contributed by atoms with Crippen LogP contribution in [0, 0.1) is 0 Å². The van der Waals surface area contributed by atoms with Crippen LogP contribution in [0.25, 0.3) is 0 Å². The highest BCUT2D eigenvalue weighted by atomic mass is 16.6. The molecule has 0 aliphatic carbocycles. The van der Waals surface area contributed by atoms with Gasteiger partial charge in [-0.2, -0.15) is 0 Å². The number of ether oxygens (including phenoxy) is 2. The van der Waals surface area contributed by atoms with E-state index in [0.29, 0.717) is 6.73 Å². The zero-order valence-corrected chi connectivity index (χ0v) is 10.1. The van der Waals surface area contributed by atoms with Gasteiger partial charge in [-0.1, -0.05) is 0 Å². The molecule has 1 saturated heterocycles. The molecule has 0 amide bonds. The van der Waals surface area contributed by atoms with Crippen molar-refractivity contribution in [2.75, 3.05) is 20.4 Å². The Morgan fingerprint density at radius 1 is 1.47 bits per heavy atom. The molecule has 15 heavy (non-hydrogen) atoms. The molecular formula is C11H21NO3. The molecule has 0 saturated carbocycles. The van der Waals surface area contributed by atoms with Crippen LogP contribution >= 0.6 is 0 Å². The van der Waals surface area contributed by atoms with E-state index in [0.717, 1.165) is 19.4 Å². The molecule has 1 unspecified atom stereocenters. The van der Waals surface area contributed by atoms with E-state index in [1.165, 1.54) is 0 Å². The number of esters is 1. The molecule has 0 aromatic rings. The van der Waals surface area contributed by atoms with E-state index in [-0.39, 0.29) is 12.0 Å². The first kappa shape index (κ1) is 12.5. The van der Waals surface area contributed by atoms with Gasteiger partial charge in [0.1, 0.15) is 11.6 Å². The van der Waals surface area contributed by atoms with Crippen LogP contribution in [0.1, 0.15) is 33.6 Å². The average molecular weight is 215 g/mol. The van der Waals surface area contributed by atoms with Crippen LogP contribution in [0.5, 0.6) is 0 Å². The molecule has 0 spiro atoms. The molecular weight excluding hydrogens is 194 g/mol. The van der Waals surface area contributed by atoms with Crippen molar-refractivity contribution in [1.29, 1.82) is 0 Å². The summed E-state index contributed by atoms with van der Waals surface area (Å²) in [6, 6.07) is -0.121. The summed E-state index contributed by atoms with van der Waals surface area (Å²) < 4.78 is 10.4. The van der Waals surface area contributed by atoms with Gasteiger partial charge in [0.25, 0.3) is 0 Å². The molecule has 4 heteroatoms. The molecule has 0 aromatic heterocycles. The summed E-state index contributed by atoms with van der Waals surface area (Å²) in [5.41, 5.74) is -0.404. The molecule has 1 atom stereocenters. The van der Waals surface area contributed by atoms with Gasteiger partial charge < -0.3 is 9.47 Å². The van der Waals surface area contributed by atoms with Gasteiger partial charge in [-0.3, -0.25) is 9.69 Å². The molecule has 1 aliphatic rings. The predicted molar refractivity (Wildman–Crippen MR) is 57.4 cm³/mol. The zero-order chi connectivity index (χ0) is 11.5. The minimum absolute atomic E-state index is 0.121. The predicted octanol–water partition coefficient (Wildman–Crippen LogP) is 1.40. The van der Waals surface area contributed by atoms with Gasteiger partial charge in [0.15, 0.2) is 0 Å². The van der Waals surface area contributed by atoms with Gasteiger partial charge in [-0.25, -0.2) is 0 Å². The zero-order valence-electron chi connectivity index (χ0n) is 10.1. The maximum Gasteiger partial charge on any atom is 0.323 e. The van der Waals surface area contributed by atoms with Crippen LogP contribution in [0.15, 0.2) is 0 Å². The number of rotatable bonds is 3. The van der Waals surface area contributed by atoms with Crippen molar-refractivity contribution in [3.63, 3.8) is 0 Å². The molecule has 1 heterocycles. The number of carbonyl (C=O) groups excluding carboxylic acids is 1. The molecule has 1 aliphatic heterocycles. The standard InChI is InChI=1S/C11H21NO3/c1-11(2,3)15-10(13)9-6-5-7-12(9)8-14-4/h9H,5-8H2,1-4H3. The van der Waals surface area contributed by atoms with E-state index in [4.69, 9.17) is 9.47 Å². The number of carbonyl (C=O) groups is 1. The van der Waals surface area contributed by atoms with Crippen molar-refractivity contribution in [3.05, 3.63) is 0 Å². The minimum atomic E-state index is -0.404. The summed E-state index contributed by atoms with van der Waals surface area (Å²) in [4.78, 5) is 13.8. The monoisotopic (exact) mass is 215 g/mol. The summed E-state index contributed by atoms with van der Waals surface area (Å²) in [5, 5.41) is 0. The largest absolute Gasteiger partial charge is 0.459 e. The van der Waals surface area contributed by atoms with Crippen molar-refractivity contribution in [2.45, 2.75) is 45.3 Å². The topological polar surface area (TPSA) is 38.8 Å². The normalized spacial score (nSPS) is 23.1. The van der Waals surface area contributed by atoms with E-state index in [9.17, 15) is 4.79 Å². The van der Waals surface area contributed by atoms with E-state index < -0.39 is 5.60 Å². The first-order valence-electron chi connectivity index (χ1n) is 5.40. The average Bonchev–Trinajstić information content (AvgIpc) is 2.49. The summed E-state index contributed by atoms with van der Waals surface area (Å²) in [6.07, 6.45) is 1.91. The number of hydrogen-bond donors (Lipinski definition) is 0. The summed E-state index contributed by atoms with van der Waals surface area (Å²) in [6.45, 7) is 7.09. The maximum atomic E-state index is 11.8. The van der Waals surface area contributed by atoms with Crippen LogP contribution in [-0.2, 0) is 14.3 Å². The fourth-order valence-corrected chi connectivity index (χ4v) is 1.78. The summed E-state index contributed by atoms with van der Waals surface area (Å²) in [5.74, 6) is -0.128. The minimum Gasteiger partial charge on any atom is -0.459 e. The molecule has 0 aromatic carbocycles. The Bertz CT molecular complexity index is 222. The summed E-state index contributed by atoms with van der Waals surface area (Å²) >= 11 is 0. The molecule has 0 radical (unpaired) electrons. The molecule has 0 bridgehead atoms.